The lowest BCUT2D eigenvalue weighted by Gasteiger charge is -2.23. The Bertz CT molecular complexity index is 613. The number of halogens is 1. The smallest absolute Gasteiger partial charge is 0.408 e. The first-order chi connectivity index (χ1) is 10.2. The molecule has 1 aromatic rings. The van der Waals surface area contributed by atoms with Gasteiger partial charge in [0.2, 0.25) is 0 Å². The van der Waals surface area contributed by atoms with E-state index in [0.717, 1.165) is 12.8 Å². The molecule has 0 radical (unpaired) electrons. The summed E-state index contributed by atoms with van der Waals surface area (Å²) < 4.78 is 10.9. The zero-order chi connectivity index (χ0) is 16.4. The summed E-state index contributed by atoms with van der Waals surface area (Å²) in [6.07, 6.45) is 1.17. The highest BCUT2D eigenvalue weighted by Gasteiger charge is 2.46. The van der Waals surface area contributed by atoms with Crippen LogP contribution < -0.4 is 10.1 Å². The van der Waals surface area contributed by atoms with Crippen LogP contribution in [0.4, 0.5) is 4.79 Å². The quantitative estimate of drug-likeness (QED) is 0.918. The van der Waals surface area contributed by atoms with Gasteiger partial charge in [-0.3, -0.25) is 0 Å². The minimum atomic E-state index is -0.540. The monoisotopic (exact) mass is 322 g/mol. The summed E-state index contributed by atoms with van der Waals surface area (Å²) in [5.41, 5.74) is -0.656. The van der Waals surface area contributed by atoms with Crippen molar-refractivity contribution >= 4 is 17.7 Å². The molecule has 0 saturated heterocycles. The molecule has 0 atom stereocenters. The summed E-state index contributed by atoms with van der Waals surface area (Å²) in [4.78, 5) is 11.8. The molecule has 1 aliphatic rings. The normalized spacial score (nSPS) is 15.6. The van der Waals surface area contributed by atoms with E-state index in [1.54, 1.807) is 18.2 Å². The van der Waals surface area contributed by atoms with Crippen LogP contribution in [0.15, 0.2) is 18.2 Å². The molecule has 1 aliphatic carbocycles. The maximum absolute atomic E-state index is 11.8. The Morgan fingerprint density at radius 2 is 2.14 bits per heavy atom. The van der Waals surface area contributed by atoms with Crippen LogP contribution in [0.3, 0.4) is 0 Å². The largest absolute Gasteiger partial charge is 0.490 e. The average Bonchev–Trinajstić information content (AvgIpc) is 3.14. The van der Waals surface area contributed by atoms with Gasteiger partial charge in [0.15, 0.2) is 0 Å². The van der Waals surface area contributed by atoms with E-state index >= 15 is 0 Å². The van der Waals surface area contributed by atoms with Gasteiger partial charge in [-0.1, -0.05) is 17.7 Å². The predicted molar refractivity (Wildman–Crippen MR) is 83.0 cm³/mol. The standard InChI is InChI=1S/C16H19ClN2O3/c1-15(2,3)22-14(20)19-16(7-8-16)10-21-13-6-4-5-12(17)11(13)9-18/h4-6H,7-8,10H2,1-3H3,(H,19,20). The molecule has 0 aliphatic heterocycles. The molecule has 5 nitrogen and oxygen atoms in total. The van der Waals surface area contributed by atoms with Gasteiger partial charge in [-0.2, -0.15) is 5.26 Å². The zero-order valence-electron chi connectivity index (χ0n) is 12.9. The molecule has 6 heteroatoms. The van der Waals surface area contributed by atoms with Crippen LogP contribution in [0.1, 0.15) is 39.2 Å². The fourth-order valence-electron chi connectivity index (χ4n) is 1.93. The molecule has 0 heterocycles. The van der Waals surface area contributed by atoms with E-state index in [-0.39, 0.29) is 6.61 Å². The van der Waals surface area contributed by atoms with Gasteiger partial charge in [-0.15, -0.1) is 0 Å². The van der Waals surface area contributed by atoms with E-state index in [1.807, 2.05) is 26.8 Å². The summed E-state index contributed by atoms with van der Waals surface area (Å²) in [6, 6.07) is 7.07. The maximum atomic E-state index is 11.8. The van der Waals surface area contributed by atoms with Crippen molar-refractivity contribution in [3.63, 3.8) is 0 Å². The van der Waals surface area contributed by atoms with E-state index in [4.69, 9.17) is 26.3 Å². The molecule has 0 spiro atoms. The molecule has 0 unspecified atom stereocenters. The lowest BCUT2D eigenvalue weighted by atomic mass is 10.2. The Morgan fingerprint density at radius 3 is 2.68 bits per heavy atom. The van der Waals surface area contributed by atoms with Gasteiger partial charge >= 0.3 is 6.09 Å². The molecule has 0 aromatic heterocycles. The van der Waals surface area contributed by atoms with Crippen LogP contribution in [0.5, 0.6) is 5.75 Å². The third kappa shape index (κ3) is 4.28. The molecule has 118 valence electrons. The summed E-state index contributed by atoms with van der Waals surface area (Å²) in [5.74, 6) is 0.423. The molecule has 2 rings (SSSR count). The molecule has 22 heavy (non-hydrogen) atoms. The lowest BCUT2D eigenvalue weighted by Crippen LogP contribution is -2.44. The first-order valence-corrected chi connectivity index (χ1v) is 7.45. The van der Waals surface area contributed by atoms with E-state index in [9.17, 15) is 4.79 Å². The van der Waals surface area contributed by atoms with Crippen molar-refractivity contribution < 1.29 is 14.3 Å². The fourth-order valence-corrected chi connectivity index (χ4v) is 2.13. The van der Waals surface area contributed by atoms with Crippen molar-refractivity contribution in [2.45, 2.75) is 44.8 Å². The summed E-state index contributed by atoms with van der Waals surface area (Å²) >= 11 is 5.96. The van der Waals surface area contributed by atoms with Crippen molar-refractivity contribution in [3.8, 4) is 11.8 Å². The van der Waals surface area contributed by atoms with Gasteiger partial charge in [-0.25, -0.2) is 4.79 Å². The number of amides is 1. The number of nitriles is 1. The second-order valence-corrected chi connectivity index (χ2v) is 6.83. The molecule has 1 N–H and O–H groups in total. The Kier molecular flexibility index (Phi) is 4.52. The number of benzene rings is 1. The second kappa shape index (κ2) is 6.05. The van der Waals surface area contributed by atoms with Crippen molar-refractivity contribution in [2.75, 3.05) is 6.61 Å². The number of nitrogens with one attached hydrogen (secondary N) is 1. The molecule has 1 fully saturated rings. The van der Waals surface area contributed by atoms with E-state index in [1.165, 1.54) is 0 Å². The number of hydrogen-bond acceptors (Lipinski definition) is 4. The van der Waals surface area contributed by atoms with Crippen molar-refractivity contribution in [2.24, 2.45) is 0 Å². The number of ether oxygens (including phenoxy) is 2. The highest BCUT2D eigenvalue weighted by atomic mass is 35.5. The Balaban J connectivity index is 1.96. The molecule has 0 bridgehead atoms. The van der Waals surface area contributed by atoms with E-state index in [0.29, 0.717) is 16.3 Å². The zero-order valence-corrected chi connectivity index (χ0v) is 13.7. The average molecular weight is 323 g/mol. The summed E-state index contributed by atoms with van der Waals surface area (Å²) in [5, 5.41) is 12.3. The van der Waals surface area contributed by atoms with Gasteiger partial charge in [0.25, 0.3) is 0 Å². The Labute approximate surface area is 135 Å². The van der Waals surface area contributed by atoms with E-state index < -0.39 is 17.2 Å². The van der Waals surface area contributed by atoms with Crippen molar-refractivity contribution in [1.82, 2.24) is 5.32 Å². The van der Waals surface area contributed by atoms with Crippen LogP contribution >= 0.6 is 11.6 Å². The van der Waals surface area contributed by atoms with Gasteiger partial charge in [-0.05, 0) is 45.7 Å². The first kappa shape index (κ1) is 16.4. The Morgan fingerprint density at radius 1 is 1.45 bits per heavy atom. The van der Waals surface area contributed by atoms with Gasteiger partial charge in [0, 0.05) is 0 Å². The van der Waals surface area contributed by atoms with Crippen LogP contribution in [0.2, 0.25) is 5.02 Å². The molecular formula is C16H19ClN2O3. The lowest BCUT2D eigenvalue weighted by molar-refractivity contribution is 0.0477. The highest BCUT2D eigenvalue weighted by molar-refractivity contribution is 6.31. The summed E-state index contributed by atoms with van der Waals surface area (Å²) in [7, 11) is 0. The maximum Gasteiger partial charge on any atom is 0.408 e. The van der Waals surface area contributed by atoms with Crippen LogP contribution in [-0.4, -0.2) is 23.8 Å². The van der Waals surface area contributed by atoms with Crippen molar-refractivity contribution in [3.05, 3.63) is 28.8 Å². The number of alkyl carbamates (subject to hydrolysis) is 1. The minimum Gasteiger partial charge on any atom is -0.490 e. The number of rotatable bonds is 4. The topological polar surface area (TPSA) is 71.3 Å². The minimum absolute atomic E-state index is 0.279. The van der Waals surface area contributed by atoms with Gasteiger partial charge in [0.05, 0.1) is 10.6 Å². The van der Waals surface area contributed by atoms with Crippen LogP contribution in [0.25, 0.3) is 0 Å². The molecule has 1 amide bonds. The third-order valence-electron chi connectivity index (χ3n) is 3.21. The molecular weight excluding hydrogens is 304 g/mol. The number of hydrogen-bond donors (Lipinski definition) is 1. The Hall–Kier alpha value is -1.93. The van der Waals surface area contributed by atoms with Gasteiger partial charge < -0.3 is 14.8 Å². The summed E-state index contributed by atoms with van der Waals surface area (Å²) in [6.45, 7) is 5.72. The second-order valence-electron chi connectivity index (χ2n) is 6.42. The number of carbonyl (C=O) groups is 1. The van der Waals surface area contributed by atoms with Crippen LogP contribution in [-0.2, 0) is 4.74 Å². The highest BCUT2D eigenvalue weighted by Crippen LogP contribution is 2.37. The first-order valence-electron chi connectivity index (χ1n) is 7.07. The SMILES string of the molecule is CC(C)(C)OC(=O)NC1(COc2cccc(Cl)c2C#N)CC1. The number of carbonyl (C=O) groups excluding carboxylic acids is 1. The fraction of sp³-hybridized carbons (Fsp3) is 0.500. The molecule has 1 saturated carbocycles. The van der Waals surface area contributed by atoms with Crippen LogP contribution in [0, 0.1) is 11.3 Å². The predicted octanol–water partition coefficient (Wildman–Crippen LogP) is 3.65. The van der Waals surface area contributed by atoms with Crippen molar-refractivity contribution in [1.29, 1.82) is 5.26 Å². The van der Waals surface area contributed by atoms with E-state index in [2.05, 4.69) is 5.32 Å². The number of nitrogens with zero attached hydrogens (tertiary/aromatic N) is 1. The third-order valence-corrected chi connectivity index (χ3v) is 3.53. The van der Waals surface area contributed by atoms with Gasteiger partial charge in [0.1, 0.15) is 29.6 Å². The molecule has 1 aromatic carbocycles.